The number of phenols is 1. The van der Waals surface area contributed by atoms with Crippen LogP contribution in [0, 0.1) is 0 Å². The van der Waals surface area contributed by atoms with Gasteiger partial charge in [-0.25, -0.2) is 0 Å². The van der Waals surface area contributed by atoms with E-state index < -0.39 is 6.36 Å². The molecule has 0 aromatic heterocycles. The maximum Gasteiger partial charge on any atom is 0.573 e. The number of nitrogens with one attached hydrogen (secondary N) is 1. The first-order valence-electron chi connectivity index (χ1n) is 6.32. The minimum Gasteiger partial charge on any atom is -0.508 e. The molecule has 0 fully saturated rings. The van der Waals surface area contributed by atoms with Gasteiger partial charge in [-0.05, 0) is 29.8 Å². The van der Waals surface area contributed by atoms with E-state index in [2.05, 4.69) is 10.1 Å². The Labute approximate surface area is 125 Å². The lowest BCUT2D eigenvalue weighted by Gasteiger charge is -2.12. The summed E-state index contributed by atoms with van der Waals surface area (Å²) in [5.41, 5.74) is 1.18. The highest BCUT2D eigenvalue weighted by molar-refractivity contribution is 5.49. The lowest BCUT2D eigenvalue weighted by Crippen LogP contribution is -2.17. The summed E-state index contributed by atoms with van der Waals surface area (Å²) in [6.45, 7) is 0.306. The number of rotatable bonds is 5. The molecule has 0 aliphatic rings. The minimum atomic E-state index is -4.72. The third kappa shape index (κ3) is 4.76. The van der Waals surface area contributed by atoms with Gasteiger partial charge in [0.25, 0.3) is 0 Å². The molecule has 0 radical (unpaired) electrons. The second-order valence-corrected chi connectivity index (χ2v) is 4.47. The molecule has 22 heavy (non-hydrogen) atoms. The highest BCUT2D eigenvalue weighted by atomic mass is 19.4. The molecule has 2 aromatic rings. The van der Waals surface area contributed by atoms with Crippen molar-refractivity contribution in [2.75, 3.05) is 12.4 Å². The molecule has 0 saturated carbocycles. The molecule has 0 unspecified atom stereocenters. The number of anilines is 1. The second kappa shape index (κ2) is 6.46. The lowest BCUT2D eigenvalue weighted by atomic mass is 10.2. The summed E-state index contributed by atoms with van der Waals surface area (Å²) in [7, 11) is 1.48. The predicted molar refractivity (Wildman–Crippen MR) is 75.1 cm³/mol. The molecule has 0 aliphatic heterocycles. The molecule has 4 nitrogen and oxygen atoms in total. The molecule has 0 spiro atoms. The molecule has 0 amide bonds. The van der Waals surface area contributed by atoms with Crippen LogP contribution in [0.5, 0.6) is 17.2 Å². The lowest BCUT2D eigenvalue weighted by molar-refractivity contribution is -0.274. The second-order valence-electron chi connectivity index (χ2n) is 4.47. The Morgan fingerprint density at radius 2 is 1.86 bits per heavy atom. The summed E-state index contributed by atoms with van der Waals surface area (Å²) in [5, 5.41) is 12.5. The highest BCUT2D eigenvalue weighted by Gasteiger charge is 2.31. The third-order valence-electron chi connectivity index (χ3n) is 2.75. The molecular formula is C15H14F3NO3. The van der Waals surface area contributed by atoms with Gasteiger partial charge in [0.15, 0.2) is 0 Å². The fourth-order valence-corrected chi connectivity index (χ4v) is 1.87. The summed E-state index contributed by atoms with van der Waals surface area (Å²) >= 11 is 0. The average molecular weight is 313 g/mol. The standard InChI is InChI=1S/C15H14F3NO3/c1-21-14-6-10(5-12(20)8-14)9-19-11-3-2-4-13(7-11)22-15(16,17)18/h2-8,19-20H,9H2,1H3. The van der Waals surface area contributed by atoms with Gasteiger partial charge in [-0.1, -0.05) is 6.07 Å². The molecule has 7 heteroatoms. The zero-order valence-electron chi connectivity index (χ0n) is 11.6. The summed E-state index contributed by atoms with van der Waals surface area (Å²) in [6.07, 6.45) is -4.72. The van der Waals surface area contributed by atoms with Crippen molar-refractivity contribution in [2.24, 2.45) is 0 Å². The van der Waals surface area contributed by atoms with Crippen LogP contribution in [-0.4, -0.2) is 18.6 Å². The Hall–Kier alpha value is -2.57. The van der Waals surface area contributed by atoms with E-state index in [1.165, 1.54) is 37.4 Å². The summed E-state index contributed by atoms with van der Waals surface area (Å²) in [6, 6.07) is 10.2. The molecular weight excluding hydrogens is 299 g/mol. The van der Waals surface area contributed by atoms with Gasteiger partial charge in [-0.3, -0.25) is 0 Å². The molecule has 2 rings (SSSR count). The van der Waals surface area contributed by atoms with E-state index in [1.54, 1.807) is 12.1 Å². The molecule has 0 atom stereocenters. The number of benzene rings is 2. The van der Waals surface area contributed by atoms with Gasteiger partial charge in [0.05, 0.1) is 7.11 Å². The highest BCUT2D eigenvalue weighted by Crippen LogP contribution is 2.26. The first-order valence-corrected chi connectivity index (χ1v) is 6.32. The topological polar surface area (TPSA) is 50.7 Å². The smallest absolute Gasteiger partial charge is 0.508 e. The van der Waals surface area contributed by atoms with Gasteiger partial charge < -0.3 is 19.9 Å². The van der Waals surface area contributed by atoms with Crippen molar-refractivity contribution >= 4 is 5.69 Å². The first-order chi connectivity index (χ1) is 10.4. The number of hydrogen-bond donors (Lipinski definition) is 2. The molecule has 0 aliphatic carbocycles. The molecule has 0 saturated heterocycles. The number of methoxy groups -OCH3 is 1. The van der Waals surface area contributed by atoms with E-state index in [9.17, 15) is 18.3 Å². The van der Waals surface area contributed by atoms with Gasteiger partial charge in [0.2, 0.25) is 0 Å². The Balaban J connectivity index is 2.05. The zero-order chi connectivity index (χ0) is 16.2. The Kier molecular flexibility index (Phi) is 4.65. The van der Waals surface area contributed by atoms with E-state index in [-0.39, 0.29) is 11.5 Å². The third-order valence-corrected chi connectivity index (χ3v) is 2.75. The van der Waals surface area contributed by atoms with Crippen LogP contribution in [0.3, 0.4) is 0 Å². The number of aromatic hydroxyl groups is 1. The van der Waals surface area contributed by atoms with Crippen LogP contribution in [-0.2, 0) is 6.54 Å². The number of alkyl halides is 3. The van der Waals surface area contributed by atoms with Crippen LogP contribution < -0.4 is 14.8 Å². The monoisotopic (exact) mass is 313 g/mol. The fraction of sp³-hybridized carbons (Fsp3) is 0.200. The van der Waals surface area contributed by atoms with Gasteiger partial charge in [0.1, 0.15) is 17.2 Å². The van der Waals surface area contributed by atoms with Crippen LogP contribution in [0.1, 0.15) is 5.56 Å². The molecule has 0 heterocycles. The van der Waals surface area contributed by atoms with E-state index in [4.69, 9.17) is 4.74 Å². The quantitative estimate of drug-likeness (QED) is 0.878. The van der Waals surface area contributed by atoms with Gasteiger partial charge >= 0.3 is 6.36 Å². The molecule has 118 valence electrons. The Morgan fingerprint density at radius 1 is 1.09 bits per heavy atom. The number of phenolic OH excluding ortho intramolecular Hbond substituents is 1. The Morgan fingerprint density at radius 3 is 2.55 bits per heavy atom. The largest absolute Gasteiger partial charge is 0.573 e. The van der Waals surface area contributed by atoms with Crippen molar-refractivity contribution in [1.82, 2.24) is 0 Å². The van der Waals surface area contributed by atoms with Crippen molar-refractivity contribution in [1.29, 1.82) is 0 Å². The summed E-state index contributed by atoms with van der Waals surface area (Å²) in [5.74, 6) is 0.238. The van der Waals surface area contributed by atoms with Crippen LogP contribution >= 0.6 is 0 Å². The van der Waals surface area contributed by atoms with Crippen LogP contribution in [0.2, 0.25) is 0 Å². The number of ether oxygens (including phenoxy) is 2. The van der Waals surface area contributed by atoms with Crippen molar-refractivity contribution in [2.45, 2.75) is 12.9 Å². The van der Waals surface area contributed by atoms with Crippen molar-refractivity contribution in [3.63, 3.8) is 0 Å². The predicted octanol–water partition coefficient (Wildman–Crippen LogP) is 3.91. The minimum absolute atomic E-state index is 0.0466. The number of halogens is 3. The Bertz CT molecular complexity index is 644. The average Bonchev–Trinajstić information content (AvgIpc) is 2.43. The molecule has 0 bridgehead atoms. The van der Waals surface area contributed by atoms with E-state index >= 15 is 0 Å². The molecule has 2 aromatic carbocycles. The van der Waals surface area contributed by atoms with E-state index in [0.29, 0.717) is 18.0 Å². The maximum absolute atomic E-state index is 12.2. The van der Waals surface area contributed by atoms with E-state index in [0.717, 1.165) is 5.56 Å². The fourth-order valence-electron chi connectivity index (χ4n) is 1.87. The van der Waals surface area contributed by atoms with Crippen LogP contribution in [0.25, 0.3) is 0 Å². The van der Waals surface area contributed by atoms with Crippen molar-refractivity contribution < 1.29 is 27.8 Å². The summed E-state index contributed by atoms with van der Waals surface area (Å²) in [4.78, 5) is 0. The van der Waals surface area contributed by atoms with Crippen molar-refractivity contribution in [3.05, 3.63) is 48.0 Å². The molecule has 2 N–H and O–H groups in total. The zero-order valence-corrected chi connectivity index (χ0v) is 11.6. The SMILES string of the molecule is COc1cc(O)cc(CNc2cccc(OC(F)(F)F)c2)c1. The number of hydrogen-bond acceptors (Lipinski definition) is 4. The first kappa shape index (κ1) is 15.8. The van der Waals surface area contributed by atoms with Crippen LogP contribution in [0.15, 0.2) is 42.5 Å². The van der Waals surface area contributed by atoms with Crippen molar-refractivity contribution in [3.8, 4) is 17.2 Å². The normalized spacial score (nSPS) is 11.1. The summed E-state index contributed by atoms with van der Waals surface area (Å²) < 4.78 is 45.4. The maximum atomic E-state index is 12.2. The van der Waals surface area contributed by atoms with Gasteiger partial charge in [-0.2, -0.15) is 0 Å². The van der Waals surface area contributed by atoms with E-state index in [1.807, 2.05) is 0 Å². The van der Waals surface area contributed by atoms with Gasteiger partial charge in [0, 0.05) is 24.4 Å². The van der Waals surface area contributed by atoms with Gasteiger partial charge in [-0.15, -0.1) is 13.2 Å². The van der Waals surface area contributed by atoms with Crippen LogP contribution in [0.4, 0.5) is 18.9 Å².